The van der Waals surface area contributed by atoms with E-state index < -0.39 is 18.2 Å². The maximum Gasteiger partial charge on any atom is 0.220 e. The minimum atomic E-state index is -1.13. The molecule has 3 unspecified atom stereocenters. The molecule has 0 fully saturated rings. The van der Waals surface area contributed by atoms with Gasteiger partial charge in [-0.3, -0.25) is 4.79 Å². The van der Waals surface area contributed by atoms with E-state index >= 15 is 0 Å². The van der Waals surface area contributed by atoms with Gasteiger partial charge in [-0.1, -0.05) is 213 Å². The molecule has 0 rings (SSSR count). The first-order chi connectivity index (χ1) is 22.6. The summed E-state index contributed by atoms with van der Waals surface area (Å²) in [6.45, 7) is 4.16. The molecule has 0 aliphatic heterocycles. The van der Waals surface area contributed by atoms with Crippen LogP contribution in [0.2, 0.25) is 0 Å². The van der Waals surface area contributed by atoms with Crippen molar-refractivity contribution in [1.29, 1.82) is 0 Å². The second-order valence-electron chi connectivity index (χ2n) is 14.6. The lowest BCUT2D eigenvalue weighted by Gasteiger charge is -2.26. The summed E-state index contributed by atoms with van der Waals surface area (Å²) in [6.07, 6.45) is 40.8. The first-order valence-electron chi connectivity index (χ1n) is 20.8. The summed E-state index contributed by atoms with van der Waals surface area (Å²) in [5, 5.41) is 33.4. The molecule has 0 aromatic carbocycles. The molecule has 276 valence electrons. The van der Waals surface area contributed by atoms with E-state index in [-0.39, 0.29) is 12.5 Å². The van der Waals surface area contributed by atoms with Gasteiger partial charge < -0.3 is 20.6 Å². The molecule has 0 aromatic rings. The van der Waals surface area contributed by atoms with E-state index in [4.69, 9.17) is 0 Å². The highest BCUT2D eigenvalue weighted by Crippen LogP contribution is 2.17. The molecule has 5 nitrogen and oxygen atoms in total. The normalized spacial score (nSPS) is 13.6. The zero-order chi connectivity index (χ0) is 33.8. The average molecular weight is 654 g/mol. The Balaban J connectivity index is 3.52. The predicted molar refractivity (Wildman–Crippen MR) is 199 cm³/mol. The van der Waals surface area contributed by atoms with E-state index in [1.165, 1.54) is 173 Å². The van der Waals surface area contributed by atoms with E-state index in [2.05, 4.69) is 19.2 Å². The lowest BCUT2D eigenvalue weighted by atomic mass is 9.99. The molecule has 1 amide bonds. The third-order valence-corrected chi connectivity index (χ3v) is 9.96. The number of amides is 1. The number of hydrogen-bond donors (Lipinski definition) is 4. The molecule has 0 heterocycles. The lowest BCUT2D eigenvalue weighted by Crippen LogP contribution is -2.50. The molecule has 0 saturated heterocycles. The maximum atomic E-state index is 12.3. The molecular weight excluding hydrogens is 570 g/mol. The Bertz CT molecular complexity index is 601. The van der Waals surface area contributed by atoms with Crippen LogP contribution in [0.15, 0.2) is 0 Å². The number of carbonyl (C=O) groups excluding carboxylic acids is 1. The number of aliphatic hydroxyl groups is 3. The molecule has 5 heteroatoms. The molecule has 46 heavy (non-hydrogen) atoms. The second kappa shape index (κ2) is 37.2. The van der Waals surface area contributed by atoms with Crippen molar-refractivity contribution in [2.45, 2.75) is 250 Å². The Hall–Kier alpha value is -0.650. The van der Waals surface area contributed by atoms with E-state index in [0.29, 0.717) is 12.8 Å². The summed E-state index contributed by atoms with van der Waals surface area (Å²) in [6, 6.07) is -0.800. The Morgan fingerprint density at radius 3 is 1.04 bits per heavy atom. The van der Waals surface area contributed by atoms with Crippen molar-refractivity contribution in [3.8, 4) is 0 Å². The van der Waals surface area contributed by atoms with Gasteiger partial charge in [0.05, 0.1) is 18.8 Å². The average Bonchev–Trinajstić information content (AvgIpc) is 3.06. The number of aliphatic hydroxyl groups excluding tert-OH is 3. The Morgan fingerprint density at radius 2 is 0.739 bits per heavy atom. The van der Waals surface area contributed by atoms with Crippen LogP contribution in [0.4, 0.5) is 0 Å². The van der Waals surface area contributed by atoms with Crippen LogP contribution in [-0.2, 0) is 4.79 Å². The van der Waals surface area contributed by atoms with Gasteiger partial charge in [-0.05, 0) is 12.8 Å². The summed E-state index contributed by atoms with van der Waals surface area (Å²) < 4.78 is 0. The topological polar surface area (TPSA) is 89.8 Å². The molecular formula is C41H83NO4. The molecule has 0 spiro atoms. The summed E-state index contributed by atoms with van der Waals surface area (Å²) in [7, 11) is 0. The first kappa shape index (κ1) is 45.3. The SMILES string of the molecule is CCCCCCCCCCCCCCCCCCCCCCCCCC(O)C(O)C(CO)NC(=O)CCCCCCCCCCC. The molecule has 0 aliphatic rings. The van der Waals surface area contributed by atoms with Crippen LogP contribution < -0.4 is 5.32 Å². The van der Waals surface area contributed by atoms with Crippen LogP contribution >= 0.6 is 0 Å². The van der Waals surface area contributed by atoms with Gasteiger partial charge in [-0.25, -0.2) is 0 Å². The minimum Gasteiger partial charge on any atom is -0.394 e. The monoisotopic (exact) mass is 654 g/mol. The highest BCUT2D eigenvalue weighted by molar-refractivity contribution is 5.76. The van der Waals surface area contributed by atoms with Crippen LogP contribution in [0, 0.1) is 0 Å². The van der Waals surface area contributed by atoms with Crippen LogP contribution in [0.25, 0.3) is 0 Å². The van der Waals surface area contributed by atoms with Crippen LogP contribution in [0.5, 0.6) is 0 Å². The minimum absolute atomic E-state index is 0.146. The van der Waals surface area contributed by atoms with Gasteiger partial charge in [0.15, 0.2) is 0 Å². The van der Waals surface area contributed by atoms with Crippen molar-refractivity contribution >= 4 is 5.91 Å². The summed E-state index contributed by atoms with van der Waals surface area (Å²) in [5.74, 6) is -0.146. The van der Waals surface area contributed by atoms with E-state index in [0.717, 1.165) is 32.1 Å². The third-order valence-electron chi connectivity index (χ3n) is 9.96. The van der Waals surface area contributed by atoms with Gasteiger partial charge in [0.2, 0.25) is 5.91 Å². The van der Waals surface area contributed by atoms with Crippen LogP contribution in [-0.4, -0.2) is 46.1 Å². The summed E-state index contributed by atoms with van der Waals surface area (Å²) in [5.41, 5.74) is 0. The zero-order valence-electron chi connectivity index (χ0n) is 31.2. The molecule has 0 aliphatic carbocycles. The molecule has 3 atom stereocenters. The third kappa shape index (κ3) is 31.9. The number of carbonyl (C=O) groups is 1. The van der Waals surface area contributed by atoms with E-state index in [9.17, 15) is 20.1 Å². The fraction of sp³-hybridized carbons (Fsp3) is 0.976. The number of rotatable bonds is 38. The summed E-state index contributed by atoms with van der Waals surface area (Å²) in [4.78, 5) is 12.3. The molecule has 0 saturated carbocycles. The first-order valence-corrected chi connectivity index (χ1v) is 20.8. The largest absolute Gasteiger partial charge is 0.394 e. The predicted octanol–water partition coefficient (Wildman–Crippen LogP) is 11.5. The Morgan fingerprint density at radius 1 is 0.457 bits per heavy atom. The lowest BCUT2D eigenvalue weighted by molar-refractivity contribution is -0.124. The molecule has 0 aromatic heterocycles. The highest BCUT2D eigenvalue weighted by Gasteiger charge is 2.26. The van der Waals surface area contributed by atoms with Gasteiger partial charge in [0.25, 0.3) is 0 Å². The van der Waals surface area contributed by atoms with Crippen molar-refractivity contribution < 1.29 is 20.1 Å². The fourth-order valence-corrected chi connectivity index (χ4v) is 6.69. The molecule has 0 bridgehead atoms. The number of nitrogens with one attached hydrogen (secondary N) is 1. The van der Waals surface area contributed by atoms with Crippen molar-refractivity contribution in [3.63, 3.8) is 0 Å². The standard InChI is InChI=1S/C41H83NO4/c1-3-5-7-9-11-13-14-15-16-17-18-19-20-21-22-23-24-25-26-28-29-31-33-35-39(44)41(46)38(37-43)42-40(45)36-34-32-30-27-12-10-8-6-4-2/h38-39,41,43-44,46H,3-37H2,1-2H3,(H,42,45). The number of hydrogen-bond acceptors (Lipinski definition) is 4. The van der Waals surface area contributed by atoms with Gasteiger partial charge in [0.1, 0.15) is 6.10 Å². The fourth-order valence-electron chi connectivity index (χ4n) is 6.69. The van der Waals surface area contributed by atoms with Crippen molar-refractivity contribution in [3.05, 3.63) is 0 Å². The maximum absolute atomic E-state index is 12.3. The van der Waals surface area contributed by atoms with Crippen LogP contribution in [0.1, 0.15) is 232 Å². The van der Waals surface area contributed by atoms with Crippen LogP contribution in [0.3, 0.4) is 0 Å². The summed E-state index contributed by atoms with van der Waals surface area (Å²) >= 11 is 0. The van der Waals surface area contributed by atoms with E-state index in [1.807, 2.05) is 0 Å². The quantitative estimate of drug-likeness (QED) is 0.0499. The zero-order valence-corrected chi connectivity index (χ0v) is 31.2. The van der Waals surface area contributed by atoms with Gasteiger partial charge in [-0.2, -0.15) is 0 Å². The second-order valence-corrected chi connectivity index (χ2v) is 14.6. The number of unbranched alkanes of at least 4 members (excludes halogenated alkanes) is 30. The van der Waals surface area contributed by atoms with Gasteiger partial charge in [-0.15, -0.1) is 0 Å². The van der Waals surface area contributed by atoms with E-state index in [1.54, 1.807) is 0 Å². The van der Waals surface area contributed by atoms with Crippen molar-refractivity contribution in [2.75, 3.05) is 6.61 Å². The Labute approximate surface area is 287 Å². The highest BCUT2D eigenvalue weighted by atomic mass is 16.3. The smallest absolute Gasteiger partial charge is 0.220 e. The molecule has 0 radical (unpaired) electrons. The van der Waals surface area contributed by atoms with Crippen molar-refractivity contribution in [1.82, 2.24) is 5.32 Å². The Kier molecular flexibility index (Phi) is 36.6. The van der Waals surface area contributed by atoms with Gasteiger partial charge >= 0.3 is 0 Å². The molecule has 4 N–H and O–H groups in total. The van der Waals surface area contributed by atoms with Crippen molar-refractivity contribution in [2.24, 2.45) is 0 Å². The van der Waals surface area contributed by atoms with Gasteiger partial charge in [0, 0.05) is 6.42 Å².